The second-order valence-electron chi connectivity index (χ2n) is 5.04. The molecule has 94 valence electrons. The molecule has 1 aromatic rings. The third kappa shape index (κ3) is 2.65. The van der Waals surface area contributed by atoms with Gasteiger partial charge in [0.1, 0.15) is 0 Å². The Kier molecular flexibility index (Phi) is 3.76. The molecular formula is C14H19ClO2. The number of benzene rings is 1. The third-order valence-corrected chi connectivity index (χ3v) is 3.95. The predicted octanol–water partition coefficient (Wildman–Crippen LogP) is 3.42. The van der Waals surface area contributed by atoms with Crippen LogP contribution in [0.3, 0.4) is 0 Å². The van der Waals surface area contributed by atoms with Crippen LogP contribution in [-0.2, 0) is 4.74 Å². The van der Waals surface area contributed by atoms with Gasteiger partial charge >= 0.3 is 0 Å². The standard InChI is InChI=1S/C14H19ClO2/c1-8-5-13(15)9(2)4-12(8)14(16)11-6-10(3)17-7-11/h4-5,10-11,14,16H,6-7H2,1-3H3. The number of aliphatic hydroxyl groups excluding tert-OH is 1. The van der Waals surface area contributed by atoms with E-state index in [9.17, 15) is 5.11 Å². The van der Waals surface area contributed by atoms with Crippen molar-refractivity contribution in [3.63, 3.8) is 0 Å². The first kappa shape index (κ1) is 12.9. The maximum Gasteiger partial charge on any atom is 0.0843 e. The first-order valence-electron chi connectivity index (χ1n) is 6.05. The number of rotatable bonds is 2. The Hall–Kier alpha value is -0.570. The minimum atomic E-state index is -0.448. The van der Waals surface area contributed by atoms with Gasteiger partial charge in [-0.2, -0.15) is 0 Å². The lowest BCUT2D eigenvalue weighted by molar-refractivity contribution is 0.0800. The van der Waals surface area contributed by atoms with E-state index in [-0.39, 0.29) is 12.0 Å². The minimum absolute atomic E-state index is 0.198. The van der Waals surface area contributed by atoms with Gasteiger partial charge in [0.05, 0.1) is 18.8 Å². The zero-order valence-corrected chi connectivity index (χ0v) is 11.3. The van der Waals surface area contributed by atoms with Crippen LogP contribution >= 0.6 is 11.6 Å². The number of hydrogen-bond donors (Lipinski definition) is 1. The van der Waals surface area contributed by atoms with Gasteiger partial charge in [0.15, 0.2) is 0 Å². The van der Waals surface area contributed by atoms with Crippen molar-refractivity contribution in [2.24, 2.45) is 5.92 Å². The molecule has 3 unspecified atom stereocenters. The Morgan fingerprint density at radius 3 is 2.65 bits per heavy atom. The number of aliphatic hydroxyl groups is 1. The summed E-state index contributed by atoms with van der Waals surface area (Å²) in [7, 11) is 0. The molecule has 0 aromatic heterocycles. The second-order valence-corrected chi connectivity index (χ2v) is 5.45. The quantitative estimate of drug-likeness (QED) is 0.876. The number of ether oxygens (including phenoxy) is 1. The van der Waals surface area contributed by atoms with E-state index in [0.717, 1.165) is 28.1 Å². The molecule has 0 bridgehead atoms. The van der Waals surface area contributed by atoms with Crippen LogP contribution in [0.2, 0.25) is 5.02 Å². The maximum atomic E-state index is 10.4. The SMILES string of the molecule is Cc1cc(C(O)C2COC(C)C2)c(C)cc1Cl. The maximum absolute atomic E-state index is 10.4. The van der Waals surface area contributed by atoms with Crippen molar-refractivity contribution >= 4 is 11.6 Å². The van der Waals surface area contributed by atoms with E-state index in [1.165, 1.54) is 0 Å². The molecule has 0 aliphatic carbocycles. The molecule has 17 heavy (non-hydrogen) atoms. The van der Waals surface area contributed by atoms with Gasteiger partial charge in [-0.15, -0.1) is 0 Å². The number of aryl methyl sites for hydroxylation is 2. The van der Waals surface area contributed by atoms with Gasteiger partial charge < -0.3 is 9.84 Å². The van der Waals surface area contributed by atoms with Crippen molar-refractivity contribution in [1.29, 1.82) is 0 Å². The van der Waals surface area contributed by atoms with E-state index in [4.69, 9.17) is 16.3 Å². The fraction of sp³-hybridized carbons (Fsp3) is 0.571. The summed E-state index contributed by atoms with van der Waals surface area (Å²) in [6.07, 6.45) is 0.724. The van der Waals surface area contributed by atoms with Crippen LogP contribution in [0, 0.1) is 19.8 Å². The molecule has 0 radical (unpaired) electrons. The van der Waals surface area contributed by atoms with Gasteiger partial charge in [-0.05, 0) is 49.9 Å². The molecular weight excluding hydrogens is 236 g/mol. The van der Waals surface area contributed by atoms with E-state index < -0.39 is 6.10 Å². The van der Waals surface area contributed by atoms with Crippen LogP contribution in [0.1, 0.15) is 36.1 Å². The van der Waals surface area contributed by atoms with Crippen LogP contribution in [0.25, 0.3) is 0 Å². The summed E-state index contributed by atoms with van der Waals surface area (Å²) in [5.74, 6) is 0.198. The van der Waals surface area contributed by atoms with E-state index >= 15 is 0 Å². The highest BCUT2D eigenvalue weighted by Crippen LogP contribution is 2.34. The van der Waals surface area contributed by atoms with Crippen LogP contribution < -0.4 is 0 Å². The molecule has 1 saturated heterocycles. The van der Waals surface area contributed by atoms with Gasteiger partial charge in [0.25, 0.3) is 0 Å². The Bertz CT molecular complexity index is 417. The van der Waals surface area contributed by atoms with Crippen molar-refractivity contribution < 1.29 is 9.84 Å². The fourth-order valence-corrected chi connectivity index (χ4v) is 2.66. The highest BCUT2D eigenvalue weighted by Gasteiger charge is 2.30. The van der Waals surface area contributed by atoms with Crippen molar-refractivity contribution in [1.82, 2.24) is 0 Å². The first-order valence-corrected chi connectivity index (χ1v) is 6.43. The van der Waals surface area contributed by atoms with Gasteiger partial charge in [-0.1, -0.05) is 17.7 Å². The van der Waals surface area contributed by atoms with Crippen molar-refractivity contribution in [2.75, 3.05) is 6.61 Å². The molecule has 1 aliphatic heterocycles. The average molecular weight is 255 g/mol. The van der Waals surface area contributed by atoms with Crippen molar-refractivity contribution in [2.45, 2.75) is 39.4 Å². The minimum Gasteiger partial charge on any atom is -0.388 e. The topological polar surface area (TPSA) is 29.5 Å². The van der Waals surface area contributed by atoms with Crippen molar-refractivity contribution in [3.05, 3.63) is 33.8 Å². The van der Waals surface area contributed by atoms with Crippen molar-refractivity contribution in [3.8, 4) is 0 Å². The van der Waals surface area contributed by atoms with E-state index in [0.29, 0.717) is 6.61 Å². The summed E-state index contributed by atoms with van der Waals surface area (Å²) in [5, 5.41) is 11.2. The zero-order valence-electron chi connectivity index (χ0n) is 10.5. The lowest BCUT2D eigenvalue weighted by atomic mass is 9.90. The molecule has 3 heteroatoms. The zero-order chi connectivity index (χ0) is 12.6. The summed E-state index contributed by atoms with van der Waals surface area (Å²) >= 11 is 6.07. The molecule has 0 saturated carbocycles. The fourth-order valence-electron chi connectivity index (χ4n) is 2.45. The molecule has 1 aliphatic rings. The third-order valence-electron chi connectivity index (χ3n) is 3.54. The van der Waals surface area contributed by atoms with Gasteiger partial charge in [0, 0.05) is 10.9 Å². The van der Waals surface area contributed by atoms with E-state index in [1.54, 1.807) is 0 Å². The molecule has 0 amide bonds. The lowest BCUT2D eigenvalue weighted by Crippen LogP contribution is -2.14. The van der Waals surface area contributed by atoms with Crippen LogP contribution in [-0.4, -0.2) is 17.8 Å². The average Bonchev–Trinajstić information content (AvgIpc) is 2.69. The highest BCUT2D eigenvalue weighted by molar-refractivity contribution is 6.31. The van der Waals surface area contributed by atoms with Crippen LogP contribution in [0.15, 0.2) is 12.1 Å². The summed E-state index contributed by atoms with van der Waals surface area (Å²) in [6.45, 7) is 6.64. The molecule has 1 fully saturated rings. The Morgan fingerprint density at radius 1 is 1.35 bits per heavy atom. The summed E-state index contributed by atoms with van der Waals surface area (Å²) in [6, 6.07) is 3.92. The van der Waals surface area contributed by atoms with Gasteiger partial charge in [-0.25, -0.2) is 0 Å². The Balaban J connectivity index is 2.24. The first-order chi connectivity index (χ1) is 7.99. The molecule has 1 N–H and O–H groups in total. The number of hydrogen-bond acceptors (Lipinski definition) is 2. The van der Waals surface area contributed by atoms with Crippen LogP contribution in [0.4, 0.5) is 0 Å². The van der Waals surface area contributed by atoms with E-state index in [1.807, 2.05) is 32.9 Å². The van der Waals surface area contributed by atoms with E-state index in [2.05, 4.69) is 0 Å². The monoisotopic (exact) mass is 254 g/mol. The van der Waals surface area contributed by atoms with Gasteiger partial charge in [0.2, 0.25) is 0 Å². The smallest absolute Gasteiger partial charge is 0.0843 e. The molecule has 2 rings (SSSR count). The van der Waals surface area contributed by atoms with Gasteiger partial charge in [-0.3, -0.25) is 0 Å². The molecule has 1 aromatic carbocycles. The highest BCUT2D eigenvalue weighted by atomic mass is 35.5. The largest absolute Gasteiger partial charge is 0.388 e. The Labute approximate surface area is 108 Å². The molecule has 1 heterocycles. The summed E-state index contributed by atoms with van der Waals surface area (Å²) in [4.78, 5) is 0. The predicted molar refractivity (Wildman–Crippen MR) is 69.4 cm³/mol. The summed E-state index contributed by atoms with van der Waals surface area (Å²) in [5.41, 5.74) is 3.04. The van der Waals surface area contributed by atoms with Crippen LogP contribution in [0.5, 0.6) is 0 Å². The second kappa shape index (κ2) is 4.97. The normalized spacial score (nSPS) is 26.2. The molecule has 0 spiro atoms. The molecule has 3 atom stereocenters. The molecule has 2 nitrogen and oxygen atoms in total. The lowest BCUT2D eigenvalue weighted by Gasteiger charge is -2.20. The number of halogens is 1. The Morgan fingerprint density at radius 2 is 2.06 bits per heavy atom. The summed E-state index contributed by atoms with van der Waals surface area (Å²) < 4.78 is 5.52.